The number of carboxylic acids is 1. The molecule has 1 N–H and O–H groups in total. The van der Waals surface area contributed by atoms with Crippen molar-refractivity contribution >= 4 is 23.7 Å². The number of morpholine rings is 1. The molecule has 8 heteroatoms. The minimum Gasteiger partial charge on any atom is -0.479 e. The lowest BCUT2D eigenvalue weighted by molar-refractivity contribution is -0.159. The molecule has 2 aliphatic heterocycles. The molecule has 1 unspecified atom stereocenters. The minimum atomic E-state index is -1.15. The molecule has 2 aliphatic rings. The van der Waals surface area contributed by atoms with Gasteiger partial charge in [-0.25, -0.2) is 4.79 Å². The molecule has 8 nitrogen and oxygen atoms in total. The Morgan fingerprint density at radius 1 is 1.17 bits per heavy atom. The van der Waals surface area contributed by atoms with E-state index < -0.39 is 36.3 Å². The van der Waals surface area contributed by atoms with Crippen LogP contribution in [-0.2, 0) is 14.3 Å². The van der Waals surface area contributed by atoms with E-state index in [4.69, 9.17) is 9.84 Å². The predicted octanol–water partition coefficient (Wildman–Crippen LogP) is -0.405. The van der Waals surface area contributed by atoms with Gasteiger partial charge in [-0.05, 0) is 12.1 Å². The number of aliphatic carboxylic acids is 1. The van der Waals surface area contributed by atoms with E-state index in [9.17, 15) is 19.2 Å². The van der Waals surface area contributed by atoms with Gasteiger partial charge in [-0.2, -0.15) is 0 Å². The standard InChI is InChI=1S/C15H14N2O6/c18-12(16-5-6-23-11(7-16)15(21)22)8-17-13(19)9-3-1-2-4-10(9)14(17)20/h1-4,11H,5-8H2,(H,21,22). The number of fused-ring (bicyclic) bond motifs is 1. The molecule has 0 aromatic heterocycles. The van der Waals surface area contributed by atoms with Crippen LogP contribution in [-0.4, -0.2) is 70.9 Å². The third kappa shape index (κ3) is 2.68. The second-order valence-corrected chi connectivity index (χ2v) is 5.28. The van der Waals surface area contributed by atoms with E-state index in [2.05, 4.69) is 0 Å². The highest BCUT2D eigenvalue weighted by atomic mass is 16.5. The molecule has 0 radical (unpaired) electrons. The van der Waals surface area contributed by atoms with Crippen LogP contribution in [0.5, 0.6) is 0 Å². The second-order valence-electron chi connectivity index (χ2n) is 5.28. The number of carboxylic acid groups (broad SMARTS) is 1. The van der Waals surface area contributed by atoms with Crippen LogP contribution in [0.1, 0.15) is 20.7 Å². The van der Waals surface area contributed by atoms with Crippen LogP contribution in [0.3, 0.4) is 0 Å². The molecule has 1 fully saturated rings. The number of ether oxygens (including phenoxy) is 1. The maximum Gasteiger partial charge on any atom is 0.334 e. The first kappa shape index (κ1) is 15.2. The zero-order chi connectivity index (χ0) is 16.6. The predicted molar refractivity (Wildman–Crippen MR) is 75.8 cm³/mol. The Hall–Kier alpha value is -2.74. The lowest BCUT2D eigenvalue weighted by Gasteiger charge is -2.31. The summed E-state index contributed by atoms with van der Waals surface area (Å²) in [6, 6.07) is 6.37. The molecule has 0 bridgehead atoms. The number of carbonyl (C=O) groups excluding carboxylic acids is 3. The van der Waals surface area contributed by atoms with Crippen molar-refractivity contribution in [3.05, 3.63) is 35.4 Å². The van der Waals surface area contributed by atoms with Gasteiger partial charge in [0, 0.05) is 6.54 Å². The van der Waals surface area contributed by atoms with Crippen molar-refractivity contribution in [2.24, 2.45) is 0 Å². The fraction of sp³-hybridized carbons (Fsp3) is 0.333. The van der Waals surface area contributed by atoms with Crippen LogP contribution in [0, 0.1) is 0 Å². The topological polar surface area (TPSA) is 104 Å². The third-order valence-electron chi connectivity index (χ3n) is 3.87. The second kappa shape index (κ2) is 5.81. The fourth-order valence-corrected chi connectivity index (χ4v) is 2.64. The monoisotopic (exact) mass is 318 g/mol. The highest BCUT2D eigenvalue weighted by molar-refractivity contribution is 6.22. The molecule has 120 valence electrons. The first-order valence-electron chi connectivity index (χ1n) is 7.06. The zero-order valence-corrected chi connectivity index (χ0v) is 12.1. The lowest BCUT2D eigenvalue weighted by Crippen LogP contribution is -2.51. The summed E-state index contributed by atoms with van der Waals surface area (Å²) in [7, 11) is 0. The first-order chi connectivity index (χ1) is 11.0. The van der Waals surface area contributed by atoms with E-state index in [0.717, 1.165) is 4.90 Å². The Balaban J connectivity index is 1.71. The molecular formula is C15H14N2O6. The summed E-state index contributed by atoms with van der Waals surface area (Å²) in [4.78, 5) is 49.8. The maximum atomic E-state index is 12.3. The van der Waals surface area contributed by atoms with E-state index in [0.29, 0.717) is 0 Å². The number of nitrogens with zero attached hydrogens (tertiary/aromatic N) is 2. The number of amides is 3. The third-order valence-corrected chi connectivity index (χ3v) is 3.87. The highest BCUT2D eigenvalue weighted by Crippen LogP contribution is 2.22. The zero-order valence-electron chi connectivity index (χ0n) is 12.1. The fourth-order valence-electron chi connectivity index (χ4n) is 2.64. The molecule has 1 aromatic carbocycles. The maximum absolute atomic E-state index is 12.3. The van der Waals surface area contributed by atoms with Crippen LogP contribution in [0.2, 0.25) is 0 Å². The summed E-state index contributed by atoms with van der Waals surface area (Å²) in [5.74, 6) is -2.65. The smallest absolute Gasteiger partial charge is 0.334 e. The van der Waals surface area contributed by atoms with Crippen LogP contribution < -0.4 is 0 Å². The van der Waals surface area contributed by atoms with Gasteiger partial charge in [-0.15, -0.1) is 0 Å². The molecular weight excluding hydrogens is 304 g/mol. The van der Waals surface area contributed by atoms with E-state index >= 15 is 0 Å². The van der Waals surface area contributed by atoms with Crippen LogP contribution in [0.4, 0.5) is 0 Å². The van der Waals surface area contributed by atoms with Gasteiger partial charge in [-0.3, -0.25) is 19.3 Å². The molecule has 0 saturated carbocycles. The minimum absolute atomic E-state index is 0.0999. The van der Waals surface area contributed by atoms with Crippen molar-refractivity contribution < 1.29 is 29.0 Å². The SMILES string of the molecule is O=C(O)C1CN(C(=O)CN2C(=O)c3ccccc3C2=O)CCO1. The quantitative estimate of drug-likeness (QED) is 0.760. The number of rotatable bonds is 3. The van der Waals surface area contributed by atoms with Crippen LogP contribution >= 0.6 is 0 Å². The van der Waals surface area contributed by atoms with Crippen molar-refractivity contribution in [1.82, 2.24) is 9.80 Å². The molecule has 0 spiro atoms. The largest absolute Gasteiger partial charge is 0.479 e. The van der Waals surface area contributed by atoms with E-state index in [1.54, 1.807) is 12.1 Å². The number of carbonyl (C=O) groups is 4. The normalized spacial score (nSPS) is 20.6. The molecule has 1 saturated heterocycles. The van der Waals surface area contributed by atoms with Gasteiger partial charge in [-0.1, -0.05) is 12.1 Å². The van der Waals surface area contributed by atoms with Crippen molar-refractivity contribution in [3.63, 3.8) is 0 Å². The first-order valence-corrected chi connectivity index (χ1v) is 7.06. The van der Waals surface area contributed by atoms with Gasteiger partial charge >= 0.3 is 5.97 Å². The van der Waals surface area contributed by atoms with Gasteiger partial charge < -0.3 is 14.7 Å². The molecule has 23 heavy (non-hydrogen) atoms. The average molecular weight is 318 g/mol. The van der Waals surface area contributed by atoms with Gasteiger partial charge in [0.15, 0.2) is 6.10 Å². The van der Waals surface area contributed by atoms with Crippen molar-refractivity contribution in [1.29, 1.82) is 0 Å². The lowest BCUT2D eigenvalue weighted by atomic mass is 10.1. The molecule has 3 amide bonds. The van der Waals surface area contributed by atoms with Crippen molar-refractivity contribution in [3.8, 4) is 0 Å². The average Bonchev–Trinajstić information content (AvgIpc) is 2.80. The van der Waals surface area contributed by atoms with E-state index in [1.807, 2.05) is 0 Å². The summed E-state index contributed by atoms with van der Waals surface area (Å²) >= 11 is 0. The summed E-state index contributed by atoms with van der Waals surface area (Å²) in [6.45, 7) is -0.174. The Morgan fingerprint density at radius 3 is 2.35 bits per heavy atom. The number of hydrogen-bond acceptors (Lipinski definition) is 5. The Kier molecular flexibility index (Phi) is 3.83. The van der Waals surface area contributed by atoms with E-state index in [-0.39, 0.29) is 30.8 Å². The van der Waals surface area contributed by atoms with Gasteiger partial charge in [0.2, 0.25) is 5.91 Å². The van der Waals surface area contributed by atoms with Gasteiger partial charge in [0.25, 0.3) is 11.8 Å². The number of hydrogen-bond donors (Lipinski definition) is 1. The van der Waals surface area contributed by atoms with Gasteiger partial charge in [0.05, 0.1) is 24.3 Å². The Labute approximate surface area is 131 Å². The molecule has 3 rings (SSSR count). The van der Waals surface area contributed by atoms with E-state index in [1.165, 1.54) is 17.0 Å². The van der Waals surface area contributed by atoms with Crippen molar-refractivity contribution in [2.45, 2.75) is 6.10 Å². The highest BCUT2D eigenvalue weighted by Gasteiger charge is 2.38. The summed E-state index contributed by atoms with van der Waals surface area (Å²) in [5, 5.41) is 8.94. The molecule has 1 aromatic rings. The summed E-state index contributed by atoms with van der Waals surface area (Å²) in [5.41, 5.74) is 0.548. The molecule has 1 atom stereocenters. The van der Waals surface area contributed by atoms with Crippen LogP contribution in [0.25, 0.3) is 0 Å². The summed E-state index contributed by atoms with van der Waals surface area (Å²) < 4.78 is 5.04. The Morgan fingerprint density at radius 2 is 1.78 bits per heavy atom. The molecule has 2 heterocycles. The number of imide groups is 1. The van der Waals surface area contributed by atoms with Crippen LogP contribution in [0.15, 0.2) is 24.3 Å². The van der Waals surface area contributed by atoms with Crippen molar-refractivity contribution in [2.75, 3.05) is 26.2 Å². The van der Waals surface area contributed by atoms with Gasteiger partial charge in [0.1, 0.15) is 6.54 Å². The summed E-state index contributed by atoms with van der Waals surface area (Å²) in [6.07, 6.45) is -1.09. The number of benzene rings is 1. The molecule has 0 aliphatic carbocycles. The Bertz CT molecular complexity index is 666.